The van der Waals surface area contributed by atoms with Crippen LogP contribution in [0.1, 0.15) is 6.42 Å². The fraction of sp³-hybridized carbons (Fsp3) is 0.308. The van der Waals surface area contributed by atoms with Gasteiger partial charge in [-0.2, -0.15) is 4.68 Å². The van der Waals surface area contributed by atoms with Gasteiger partial charge in [0.2, 0.25) is 11.8 Å². The van der Waals surface area contributed by atoms with Crippen LogP contribution >= 0.6 is 0 Å². The normalized spacial score (nSPS) is 18.0. The molecule has 0 saturated carbocycles. The summed E-state index contributed by atoms with van der Waals surface area (Å²) in [6, 6.07) is 17.0. The van der Waals surface area contributed by atoms with E-state index in [1.807, 2.05) is 59.5 Å². The third-order valence-corrected chi connectivity index (χ3v) is 6.97. The molecule has 4 aromatic rings. The number of carbonyl (C=O) groups is 2. The summed E-state index contributed by atoms with van der Waals surface area (Å²) in [4.78, 5) is 40.4. The monoisotopic (exact) mass is 498 g/mol. The average molecular weight is 499 g/mol. The number of fused-ring (bicyclic) bond motifs is 1. The smallest absolute Gasteiger partial charge is 0.228 e. The van der Waals surface area contributed by atoms with Gasteiger partial charge in [0, 0.05) is 44.8 Å². The molecule has 2 aromatic carbocycles. The highest BCUT2D eigenvalue weighted by Crippen LogP contribution is 2.28. The molecule has 0 aliphatic carbocycles. The van der Waals surface area contributed by atoms with Crippen molar-refractivity contribution in [1.29, 1.82) is 0 Å². The number of para-hydroxylation sites is 1. The molecule has 188 valence electrons. The summed E-state index contributed by atoms with van der Waals surface area (Å²) in [5, 5.41) is 8.67. The zero-order chi connectivity index (χ0) is 25.4. The second kappa shape index (κ2) is 9.49. The summed E-state index contributed by atoms with van der Waals surface area (Å²) in [6.45, 7) is 2.73. The van der Waals surface area contributed by atoms with Crippen LogP contribution in [0.2, 0.25) is 0 Å². The zero-order valence-electron chi connectivity index (χ0n) is 20.4. The molecule has 0 N–H and O–H groups in total. The number of benzene rings is 2. The topological polar surface area (TPSA) is 110 Å². The lowest BCUT2D eigenvalue weighted by Gasteiger charge is -2.36. The van der Waals surface area contributed by atoms with Crippen LogP contribution in [0, 0.1) is 5.92 Å². The van der Waals surface area contributed by atoms with Crippen LogP contribution in [-0.2, 0) is 9.59 Å². The van der Waals surface area contributed by atoms with Gasteiger partial charge in [0.15, 0.2) is 17.0 Å². The third kappa shape index (κ3) is 4.22. The molecule has 2 fully saturated rings. The van der Waals surface area contributed by atoms with Crippen molar-refractivity contribution in [2.45, 2.75) is 6.42 Å². The Morgan fingerprint density at radius 3 is 2.43 bits per heavy atom. The SMILES string of the molecule is COc1ccc(-n2nnc3c(N4CCN(C(=O)C5CC(=O)N(c6ccccc6)C5)CC4)ncnc32)cc1. The lowest BCUT2D eigenvalue weighted by Crippen LogP contribution is -2.51. The van der Waals surface area contributed by atoms with Gasteiger partial charge in [-0.15, -0.1) is 5.10 Å². The van der Waals surface area contributed by atoms with E-state index < -0.39 is 0 Å². The maximum atomic E-state index is 13.3. The number of ether oxygens (including phenoxy) is 1. The molecule has 4 heterocycles. The first kappa shape index (κ1) is 22.9. The first-order valence-electron chi connectivity index (χ1n) is 12.2. The largest absolute Gasteiger partial charge is 0.497 e. The van der Waals surface area contributed by atoms with Crippen LogP contribution < -0.4 is 14.5 Å². The van der Waals surface area contributed by atoms with Crippen LogP contribution in [0.3, 0.4) is 0 Å². The quantitative estimate of drug-likeness (QED) is 0.411. The summed E-state index contributed by atoms with van der Waals surface area (Å²) in [5.74, 6) is 1.15. The van der Waals surface area contributed by atoms with Crippen molar-refractivity contribution >= 4 is 34.5 Å². The van der Waals surface area contributed by atoms with E-state index in [2.05, 4.69) is 25.2 Å². The molecular formula is C26H26N8O3. The number of anilines is 2. The van der Waals surface area contributed by atoms with Gasteiger partial charge in [-0.25, -0.2) is 9.97 Å². The first-order valence-corrected chi connectivity index (χ1v) is 12.2. The van der Waals surface area contributed by atoms with Crippen LogP contribution in [0.15, 0.2) is 60.9 Å². The Morgan fingerprint density at radius 2 is 1.70 bits per heavy atom. The maximum Gasteiger partial charge on any atom is 0.228 e. The van der Waals surface area contributed by atoms with E-state index in [1.165, 1.54) is 6.33 Å². The lowest BCUT2D eigenvalue weighted by molar-refractivity contribution is -0.136. The fourth-order valence-electron chi connectivity index (χ4n) is 4.99. The van der Waals surface area contributed by atoms with Gasteiger partial charge in [0.1, 0.15) is 12.1 Å². The molecule has 37 heavy (non-hydrogen) atoms. The first-order chi connectivity index (χ1) is 18.1. The van der Waals surface area contributed by atoms with Crippen molar-refractivity contribution in [3.8, 4) is 11.4 Å². The Labute approximate surface area is 213 Å². The summed E-state index contributed by atoms with van der Waals surface area (Å²) in [5.41, 5.74) is 2.87. The standard InChI is InChI=1S/C26H26N8O3/c1-37-21-9-7-20(8-10-21)34-25-23(29-30-34)24(27-17-28-25)31-11-13-32(14-12-31)26(36)18-15-22(35)33(16-18)19-5-3-2-4-6-19/h2-10,17-18H,11-16H2,1H3. The Bertz CT molecular complexity index is 1430. The summed E-state index contributed by atoms with van der Waals surface area (Å²) < 4.78 is 6.91. The van der Waals surface area contributed by atoms with Gasteiger partial charge in [-0.05, 0) is 36.4 Å². The molecule has 6 rings (SSSR count). The number of methoxy groups -OCH3 is 1. The molecule has 0 spiro atoms. The molecule has 2 aliphatic rings. The predicted molar refractivity (Wildman–Crippen MR) is 137 cm³/mol. The number of aromatic nitrogens is 5. The highest BCUT2D eigenvalue weighted by atomic mass is 16.5. The number of amides is 2. The van der Waals surface area contributed by atoms with Crippen LogP contribution in [-0.4, -0.2) is 81.5 Å². The van der Waals surface area contributed by atoms with Crippen molar-refractivity contribution in [3.05, 3.63) is 60.9 Å². The van der Waals surface area contributed by atoms with E-state index >= 15 is 0 Å². The Kier molecular flexibility index (Phi) is 5.87. The van der Waals surface area contributed by atoms with Crippen molar-refractivity contribution in [2.75, 3.05) is 49.6 Å². The molecule has 2 aliphatic heterocycles. The van der Waals surface area contributed by atoms with Crippen LogP contribution in [0.25, 0.3) is 16.9 Å². The number of carbonyl (C=O) groups excluding carboxylic acids is 2. The molecule has 2 aromatic heterocycles. The van der Waals surface area contributed by atoms with E-state index in [9.17, 15) is 9.59 Å². The molecule has 11 nitrogen and oxygen atoms in total. The lowest BCUT2D eigenvalue weighted by atomic mass is 10.1. The van der Waals surface area contributed by atoms with E-state index in [-0.39, 0.29) is 24.2 Å². The zero-order valence-corrected chi connectivity index (χ0v) is 20.4. The third-order valence-electron chi connectivity index (χ3n) is 6.97. The van der Waals surface area contributed by atoms with Crippen molar-refractivity contribution in [3.63, 3.8) is 0 Å². The fourth-order valence-corrected chi connectivity index (χ4v) is 4.99. The number of rotatable bonds is 5. The minimum absolute atomic E-state index is 0.00786. The average Bonchev–Trinajstić information content (AvgIpc) is 3.57. The second-order valence-electron chi connectivity index (χ2n) is 9.12. The van der Waals surface area contributed by atoms with Crippen LogP contribution in [0.4, 0.5) is 11.5 Å². The molecule has 1 atom stereocenters. The second-order valence-corrected chi connectivity index (χ2v) is 9.12. The molecule has 2 amide bonds. The van der Waals surface area contributed by atoms with Gasteiger partial charge in [0.05, 0.1) is 18.7 Å². The number of piperazine rings is 1. The highest BCUT2D eigenvalue weighted by Gasteiger charge is 2.38. The number of nitrogens with zero attached hydrogens (tertiary/aromatic N) is 8. The van der Waals surface area contributed by atoms with E-state index in [1.54, 1.807) is 16.7 Å². The van der Waals surface area contributed by atoms with E-state index in [0.29, 0.717) is 49.7 Å². The highest BCUT2D eigenvalue weighted by molar-refractivity contribution is 6.00. The molecule has 0 radical (unpaired) electrons. The molecule has 11 heteroatoms. The molecule has 0 bridgehead atoms. The van der Waals surface area contributed by atoms with Crippen molar-refractivity contribution in [1.82, 2.24) is 29.9 Å². The summed E-state index contributed by atoms with van der Waals surface area (Å²) in [6.07, 6.45) is 1.76. The van der Waals surface area contributed by atoms with Gasteiger partial charge < -0.3 is 19.4 Å². The Balaban J connectivity index is 1.14. The predicted octanol–water partition coefficient (Wildman–Crippen LogP) is 1.92. The van der Waals surface area contributed by atoms with Gasteiger partial charge in [0.25, 0.3) is 0 Å². The van der Waals surface area contributed by atoms with E-state index in [4.69, 9.17) is 4.74 Å². The number of hydrogen-bond donors (Lipinski definition) is 0. The molecule has 1 unspecified atom stereocenters. The van der Waals surface area contributed by atoms with Gasteiger partial charge in [-0.1, -0.05) is 23.4 Å². The van der Waals surface area contributed by atoms with Crippen LogP contribution in [0.5, 0.6) is 5.75 Å². The summed E-state index contributed by atoms with van der Waals surface area (Å²) in [7, 11) is 1.62. The van der Waals surface area contributed by atoms with Gasteiger partial charge >= 0.3 is 0 Å². The minimum Gasteiger partial charge on any atom is -0.497 e. The minimum atomic E-state index is -0.325. The Morgan fingerprint density at radius 1 is 0.946 bits per heavy atom. The van der Waals surface area contributed by atoms with Crippen molar-refractivity contribution in [2.24, 2.45) is 5.92 Å². The van der Waals surface area contributed by atoms with E-state index in [0.717, 1.165) is 17.1 Å². The maximum absolute atomic E-state index is 13.3. The summed E-state index contributed by atoms with van der Waals surface area (Å²) >= 11 is 0. The molecule has 2 saturated heterocycles. The molecular weight excluding hydrogens is 472 g/mol. The number of hydrogen-bond acceptors (Lipinski definition) is 8. The van der Waals surface area contributed by atoms with Gasteiger partial charge in [-0.3, -0.25) is 9.59 Å². The van der Waals surface area contributed by atoms with Crippen molar-refractivity contribution < 1.29 is 14.3 Å². The Hall–Kier alpha value is -4.54.